The lowest BCUT2D eigenvalue weighted by molar-refractivity contribution is -0.206. The Kier molecular flexibility index (Phi) is 2.74. The molecule has 1 heterocycles. The second-order valence-corrected chi connectivity index (χ2v) is 3.60. The monoisotopic (exact) mass is 245 g/mol. The van der Waals surface area contributed by atoms with Crippen molar-refractivity contribution in [3.05, 3.63) is 30.0 Å². The summed E-state index contributed by atoms with van der Waals surface area (Å²) in [7, 11) is 1.42. The van der Waals surface area contributed by atoms with E-state index in [1.54, 1.807) is 12.1 Å². The maximum Gasteiger partial charge on any atom is 0.418 e. The second kappa shape index (κ2) is 3.96. The number of aliphatic hydroxyl groups excluding tert-OH is 1. The fourth-order valence-corrected chi connectivity index (χ4v) is 1.65. The SMILES string of the molecule is COc1ccc2[nH]cc([C@H](O)C(F)(F)F)c2c1. The summed E-state index contributed by atoms with van der Waals surface area (Å²) < 4.78 is 42.2. The summed E-state index contributed by atoms with van der Waals surface area (Å²) in [4.78, 5) is 2.68. The van der Waals surface area contributed by atoms with Gasteiger partial charge in [0.05, 0.1) is 7.11 Å². The molecule has 2 N–H and O–H groups in total. The molecule has 0 aliphatic heterocycles. The van der Waals surface area contributed by atoms with Crippen LogP contribution in [0.5, 0.6) is 5.75 Å². The van der Waals surface area contributed by atoms with E-state index < -0.39 is 12.3 Å². The number of nitrogens with one attached hydrogen (secondary N) is 1. The number of aromatic amines is 1. The van der Waals surface area contributed by atoms with E-state index >= 15 is 0 Å². The molecule has 3 nitrogen and oxygen atoms in total. The molecular weight excluding hydrogens is 235 g/mol. The molecule has 0 spiro atoms. The van der Waals surface area contributed by atoms with Gasteiger partial charge in [0, 0.05) is 22.7 Å². The first-order chi connectivity index (χ1) is 7.93. The number of halogens is 3. The van der Waals surface area contributed by atoms with Gasteiger partial charge in [-0.15, -0.1) is 0 Å². The molecule has 0 saturated carbocycles. The van der Waals surface area contributed by atoms with Crippen LogP contribution in [0.1, 0.15) is 11.7 Å². The number of methoxy groups -OCH3 is 1. The number of H-pyrrole nitrogens is 1. The highest BCUT2D eigenvalue weighted by Crippen LogP contribution is 2.36. The zero-order chi connectivity index (χ0) is 12.6. The third-order valence-electron chi connectivity index (χ3n) is 2.53. The van der Waals surface area contributed by atoms with Gasteiger partial charge in [-0.25, -0.2) is 0 Å². The number of rotatable bonds is 2. The lowest BCUT2D eigenvalue weighted by atomic mass is 10.1. The predicted octanol–water partition coefficient (Wildman–Crippen LogP) is 2.77. The Morgan fingerprint density at radius 1 is 1.35 bits per heavy atom. The molecule has 0 bridgehead atoms. The number of alkyl halides is 3. The molecule has 2 aromatic rings. The molecule has 0 unspecified atom stereocenters. The van der Waals surface area contributed by atoms with Crippen LogP contribution in [0.25, 0.3) is 10.9 Å². The largest absolute Gasteiger partial charge is 0.497 e. The van der Waals surface area contributed by atoms with Gasteiger partial charge >= 0.3 is 6.18 Å². The van der Waals surface area contributed by atoms with E-state index in [-0.39, 0.29) is 5.56 Å². The van der Waals surface area contributed by atoms with E-state index in [4.69, 9.17) is 4.74 Å². The lowest BCUT2D eigenvalue weighted by Crippen LogP contribution is -2.19. The van der Waals surface area contributed by atoms with Crippen molar-refractivity contribution in [3.63, 3.8) is 0 Å². The first-order valence-electron chi connectivity index (χ1n) is 4.83. The van der Waals surface area contributed by atoms with Crippen molar-refractivity contribution >= 4 is 10.9 Å². The standard InChI is InChI=1S/C11H10F3NO2/c1-17-6-2-3-9-7(4-6)8(5-15-9)10(16)11(12,13)14/h2-5,10,15-16H,1H3/t10-/m0/s1. The number of aliphatic hydroxyl groups is 1. The highest BCUT2D eigenvalue weighted by atomic mass is 19.4. The third kappa shape index (κ3) is 2.08. The summed E-state index contributed by atoms with van der Waals surface area (Å²) in [5.74, 6) is 0.438. The van der Waals surface area contributed by atoms with Crippen LogP contribution in [0.3, 0.4) is 0 Å². The van der Waals surface area contributed by atoms with Gasteiger partial charge < -0.3 is 14.8 Å². The fraction of sp³-hybridized carbons (Fsp3) is 0.273. The highest BCUT2D eigenvalue weighted by Gasteiger charge is 2.40. The van der Waals surface area contributed by atoms with Crippen LogP contribution >= 0.6 is 0 Å². The molecule has 92 valence electrons. The van der Waals surface area contributed by atoms with E-state index in [2.05, 4.69) is 4.98 Å². The smallest absolute Gasteiger partial charge is 0.418 e. The molecule has 17 heavy (non-hydrogen) atoms. The minimum atomic E-state index is -4.68. The number of fused-ring (bicyclic) bond motifs is 1. The van der Waals surface area contributed by atoms with Crippen molar-refractivity contribution in [1.82, 2.24) is 4.98 Å². The molecule has 0 aliphatic carbocycles. The van der Waals surface area contributed by atoms with Crippen LogP contribution in [0, 0.1) is 0 Å². The summed E-state index contributed by atoms with van der Waals surface area (Å²) in [5, 5.41) is 9.52. The van der Waals surface area contributed by atoms with Gasteiger partial charge in [0.25, 0.3) is 0 Å². The Morgan fingerprint density at radius 3 is 2.65 bits per heavy atom. The highest BCUT2D eigenvalue weighted by molar-refractivity contribution is 5.85. The Hall–Kier alpha value is -1.69. The molecule has 0 aliphatic rings. The molecule has 1 aromatic carbocycles. The summed E-state index contributed by atoms with van der Waals surface area (Å²) >= 11 is 0. The van der Waals surface area contributed by atoms with E-state index in [1.807, 2.05) is 0 Å². The zero-order valence-electron chi connectivity index (χ0n) is 8.88. The maximum absolute atomic E-state index is 12.4. The average Bonchev–Trinajstić information content (AvgIpc) is 2.69. The van der Waals surface area contributed by atoms with E-state index in [9.17, 15) is 18.3 Å². The van der Waals surface area contributed by atoms with E-state index in [1.165, 1.54) is 13.2 Å². The van der Waals surface area contributed by atoms with Gasteiger partial charge in [0.15, 0.2) is 6.10 Å². The molecule has 0 amide bonds. The first kappa shape index (κ1) is 11.8. The Labute approximate surface area is 94.8 Å². The normalized spacial score (nSPS) is 13.9. The van der Waals surface area contributed by atoms with Crippen molar-refractivity contribution in [3.8, 4) is 5.75 Å². The van der Waals surface area contributed by atoms with Crippen LogP contribution in [0.15, 0.2) is 24.4 Å². The topological polar surface area (TPSA) is 45.2 Å². The van der Waals surface area contributed by atoms with Crippen LogP contribution in [-0.2, 0) is 0 Å². The Morgan fingerprint density at radius 2 is 2.06 bits per heavy atom. The lowest BCUT2D eigenvalue weighted by Gasteiger charge is -2.13. The number of aromatic nitrogens is 1. The van der Waals surface area contributed by atoms with Gasteiger partial charge in [-0.2, -0.15) is 13.2 Å². The minimum Gasteiger partial charge on any atom is -0.497 e. The molecule has 1 aromatic heterocycles. The van der Waals surface area contributed by atoms with E-state index in [0.29, 0.717) is 16.7 Å². The molecule has 0 radical (unpaired) electrons. The predicted molar refractivity (Wildman–Crippen MR) is 55.9 cm³/mol. The van der Waals surface area contributed by atoms with Gasteiger partial charge in [-0.1, -0.05) is 0 Å². The molecule has 2 rings (SSSR count). The Bertz CT molecular complexity index is 533. The number of benzene rings is 1. The first-order valence-corrected chi connectivity index (χ1v) is 4.83. The summed E-state index contributed by atoms with van der Waals surface area (Å²) in [5.41, 5.74) is 0.315. The molecule has 0 fully saturated rings. The number of hydrogen-bond acceptors (Lipinski definition) is 2. The molecule has 6 heteroatoms. The third-order valence-corrected chi connectivity index (χ3v) is 2.53. The molecule has 1 atom stereocenters. The van der Waals surface area contributed by atoms with Crippen molar-refractivity contribution in [2.45, 2.75) is 12.3 Å². The van der Waals surface area contributed by atoms with Gasteiger partial charge in [-0.3, -0.25) is 0 Å². The van der Waals surface area contributed by atoms with Crippen LogP contribution < -0.4 is 4.74 Å². The van der Waals surface area contributed by atoms with Crippen LogP contribution in [0.4, 0.5) is 13.2 Å². The number of ether oxygens (including phenoxy) is 1. The van der Waals surface area contributed by atoms with Gasteiger partial charge in [0.2, 0.25) is 0 Å². The minimum absolute atomic E-state index is 0.202. The van der Waals surface area contributed by atoms with E-state index in [0.717, 1.165) is 6.20 Å². The maximum atomic E-state index is 12.4. The van der Waals surface area contributed by atoms with Crippen molar-refractivity contribution in [2.24, 2.45) is 0 Å². The van der Waals surface area contributed by atoms with Gasteiger partial charge in [-0.05, 0) is 18.2 Å². The summed E-state index contributed by atoms with van der Waals surface area (Å²) in [6, 6.07) is 4.68. The average molecular weight is 245 g/mol. The zero-order valence-corrected chi connectivity index (χ0v) is 8.88. The van der Waals surface area contributed by atoms with Crippen LogP contribution in [0.2, 0.25) is 0 Å². The quantitative estimate of drug-likeness (QED) is 0.854. The number of hydrogen-bond donors (Lipinski definition) is 2. The summed E-state index contributed by atoms with van der Waals surface area (Å²) in [6.45, 7) is 0. The van der Waals surface area contributed by atoms with Crippen molar-refractivity contribution < 1.29 is 23.0 Å². The fourth-order valence-electron chi connectivity index (χ4n) is 1.65. The molecular formula is C11H10F3NO2. The van der Waals surface area contributed by atoms with Gasteiger partial charge in [0.1, 0.15) is 5.75 Å². The Balaban J connectivity index is 2.54. The second-order valence-electron chi connectivity index (χ2n) is 3.60. The summed E-state index contributed by atoms with van der Waals surface area (Å²) in [6.07, 6.45) is -6.02. The van der Waals surface area contributed by atoms with Crippen molar-refractivity contribution in [2.75, 3.05) is 7.11 Å². The molecule has 0 saturated heterocycles. The van der Waals surface area contributed by atoms with Crippen LogP contribution in [-0.4, -0.2) is 23.4 Å². The van der Waals surface area contributed by atoms with Crippen molar-refractivity contribution in [1.29, 1.82) is 0 Å².